The highest BCUT2D eigenvalue weighted by Crippen LogP contribution is 2.17. The molecule has 3 nitrogen and oxygen atoms in total. The van der Waals surface area contributed by atoms with Crippen LogP contribution in [-0.4, -0.2) is 11.7 Å². The summed E-state index contributed by atoms with van der Waals surface area (Å²) in [6, 6.07) is 16.7. The van der Waals surface area contributed by atoms with Crippen LogP contribution in [-0.2, 0) is 0 Å². The van der Waals surface area contributed by atoms with Gasteiger partial charge in [-0.15, -0.1) is 12.6 Å². The Kier molecular flexibility index (Phi) is 4.49. The van der Waals surface area contributed by atoms with Crippen LogP contribution in [0.5, 0.6) is 5.75 Å². The molecule has 98 valence electrons. The van der Waals surface area contributed by atoms with Crippen molar-refractivity contribution in [2.45, 2.75) is 0 Å². The Morgan fingerprint density at radius 1 is 1.11 bits per heavy atom. The van der Waals surface area contributed by atoms with Gasteiger partial charge in [-0.1, -0.05) is 30.3 Å². The van der Waals surface area contributed by atoms with Crippen molar-refractivity contribution in [2.24, 2.45) is 5.84 Å². The number of phenols is 1. The summed E-state index contributed by atoms with van der Waals surface area (Å²) in [7, 11) is 0. The fourth-order valence-electron chi connectivity index (χ4n) is 1.69. The second-order valence-corrected chi connectivity index (χ2v) is 4.77. The maximum Gasteiger partial charge on any atom is 0.115 e. The van der Waals surface area contributed by atoms with Crippen molar-refractivity contribution in [1.29, 1.82) is 0 Å². The molecule has 0 saturated carbocycles. The molecule has 0 aromatic heterocycles. The number of nitrogens with zero attached hydrogens (tertiary/aromatic N) is 1. The minimum atomic E-state index is 0.252. The number of anilines is 1. The van der Waals surface area contributed by atoms with E-state index in [-0.39, 0.29) is 5.75 Å². The molecule has 3 N–H and O–H groups in total. The van der Waals surface area contributed by atoms with E-state index in [2.05, 4.69) is 12.6 Å². The summed E-state index contributed by atoms with van der Waals surface area (Å²) in [5, 5.41) is 10.9. The van der Waals surface area contributed by atoms with Crippen molar-refractivity contribution in [3.05, 3.63) is 65.1 Å². The Morgan fingerprint density at radius 2 is 1.74 bits per heavy atom. The van der Waals surface area contributed by atoms with E-state index in [4.69, 9.17) is 5.84 Å². The number of para-hydroxylation sites is 1. The molecule has 0 fully saturated rings. The summed E-state index contributed by atoms with van der Waals surface area (Å²) in [5.74, 6) is 6.23. The highest BCUT2D eigenvalue weighted by molar-refractivity contribution is 7.84. The molecule has 0 heterocycles. The Hall–Kier alpha value is -1.91. The SMILES string of the molecule is NN(C/C(S)=C/c1ccc(O)cc1)c1ccccc1. The molecular formula is C15H16N2OS. The molecule has 0 spiro atoms. The first-order chi connectivity index (χ1) is 9.15. The monoisotopic (exact) mass is 272 g/mol. The molecule has 0 aliphatic heterocycles. The van der Waals surface area contributed by atoms with Gasteiger partial charge in [0.25, 0.3) is 0 Å². The second-order valence-electron chi connectivity index (χ2n) is 4.19. The zero-order valence-corrected chi connectivity index (χ0v) is 11.3. The first-order valence-corrected chi connectivity index (χ1v) is 6.36. The number of hydrogen-bond donors (Lipinski definition) is 3. The van der Waals surface area contributed by atoms with Crippen molar-refractivity contribution in [3.8, 4) is 5.75 Å². The number of hydrazine groups is 1. The van der Waals surface area contributed by atoms with Gasteiger partial charge in [0.15, 0.2) is 0 Å². The van der Waals surface area contributed by atoms with E-state index in [1.54, 1.807) is 17.1 Å². The average Bonchev–Trinajstić information content (AvgIpc) is 2.42. The number of rotatable bonds is 4. The van der Waals surface area contributed by atoms with Crippen LogP contribution in [0.3, 0.4) is 0 Å². The van der Waals surface area contributed by atoms with Crippen molar-refractivity contribution in [3.63, 3.8) is 0 Å². The summed E-state index contributed by atoms with van der Waals surface area (Å²) < 4.78 is 0. The average molecular weight is 272 g/mol. The van der Waals surface area contributed by atoms with Crippen molar-refractivity contribution < 1.29 is 5.11 Å². The van der Waals surface area contributed by atoms with Crippen LogP contribution in [0.15, 0.2) is 59.5 Å². The molecule has 19 heavy (non-hydrogen) atoms. The van der Waals surface area contributed by atoms with Crippen LogP contribution in [0, 0.1) is 0 Å². The Balaban J connectivity index is 2.04. The molecule has 4 heteroatoms. The Morgan fingerprint density at radius 3 is 2.37 bits per heavy atom. The number of nitrogens with two attached hydrogens (primary N) is 1. The number of phenolic OH excluding ortho intramolecular Hbond substituents is 1. The maximum atomic E-state index is 9.22. The molecule has 0 aliphatic rings. The van der Waals surface area contributed by atoms with Crippen molar-refractivity contribution >= 4 is 24.4 Å². The molecule has 0 amide bonds. The summed E-state index contributed by atoms with van der Waals surface area (Å²) in [6.07, 6.45) is 1.92. The fourth-order valence-corrected chi connectivity index (χ4v) is 2.00. The molecule has 0 aliphatic carbocycles. The summed E-state index contributed by atoms with van der Waals surface area (Å²) in [5.41, 5.74) is 1.91. The van der Waals surface area contributed by atoms with Crippen LogP contribution < -0.4 is 10.9 Å². The second kappa shape index (κ2) is 6.31. The Labute approximate surface area is 118 Å². The van der Waals surface area contributed by atoms with Gasteiger partial charge in [-0.05, 0) is 35.9 Å². The van der Waals surface area contributed by atoms with E-state index < -0.39 is 0 Å². The van der Waals surface area contributed by atoms with Gasteiger partial charge in [0.05, 0.1) is 12.2 Å². The van der Waals surface area contributed by atoms with E-state index in [0.29, 0.717) is 6.54 Å². The van der Waals surface area contributed by atoms with Gasteiger partial charge in [-0.25, -0.2) is 5.84 Å². The predicted molar refractivity (Wildman–Crippen MR) is 83.0 cm³/mol. The van der Waals surface area contributed by atoms with Gasteiger partial charge in [0.2, 0.25) is 0 Å². The van der Waals surface area contributed by atoms with E-state index in [9.17, 15) is 5.11 Å². The third-order valence-corrected chi connectivity index (χ3v) is 2.92. The highest BCUT2D eigenvalue weighted by Gasteiger charge is 2.02. The first kappa shape index (κ1) is 13.5. The van der Waals surface area contributed by atoms with Crippen LogP contribution in [0.1, 0.15) is 5.56 Å². The van der Waals surface area contributed by atoms with Gasteiger partial charge in [0.1, 0.15) is 5.75 Å². The largest absolute Gasteiger partial charge is 0.508 e. The number of aromatic hydroxyl groups is 1. The van der Waals surface area contributed by atoms with E-state index in [1.165, 1.54) is 0 Å². The van der Waals surface area contributed by atoms with E-state index in [1.807, 2.05) is 48.5 Å². The molecule has 0 unspecified atom stereocenters. The van der Waals surface area contributed by atoms with Crippen LogP contribution >= 0.6 is 12.6 Å². The van der Waals surface area contributed by atoms with Gasteiger partial charge >= 0.3 is 0 Å². The number of thiol groups is 1. The summed E-state index contributed by atoms with van der Waals surface area (Å²) in [6.45, 7) is 0.522. The minimum Gasteiger partial charge on any atom is -0.508 e. The zero-order valence-electron chi connectivity index (χ0n) is 10.4. The molecule has 2 aromatic carbocycles. The topological polar surface area (TPSA) is 49.5 Å². The van der Waals surface area contributed by atoms with Gasteiger partial charge < -0.3 is 10.1 Å². The molecule has 0 bridgehead atoms. The number of benzene rings is 2. The van der Waals surface area contributed by atoms with Crippen LogP contribution in [0.2, 0.25) is 0 Å². The lowest BCUT2D eigenvalue weighted by molar-refractivity contribution is 0.475. The third kappa shape index (κ3) is 4.05. The number of hydrogen-bond acceptors (Lipinski definition) is 4. The lowest BCUT2D eigenvalue weighted by atomic mass is 10.2. The van der Waals surface area contributed by atoms with Gasteiger partial charge in [-0.2, -0.15) is 0 Å². The fraction of sp³-hybridized carbons (Fsp3) is 0.0667. The standard InChI is InChI=1S/C15H16N2OS/c16-17(13-4-2-1-3-5-13)11-15(19)10-12-6-8-14(18)9-7-12/h1-10,18-19H,11,16H2/b15-10-. The smallest absolute Gasteiger partial charge is 0.115 e. The van der Waals surface area contributed by atoms with Crippen LogP contribution in [0.25, 0.3) is 6.08 Å². The lowest BCUT2D eigenvalue weighted by Gasteiger charge is -2.18. The van der Waals surface area contributed by atoms with Crippen molar-refractivity contribution in [1.82, 2.24) is 0 Å². The van der Waals surface area contributed by atoms with Crippen molar-refractivity contribution in [2.75, 3.05) is 11.6 Å². The molecule has 2 aromatic rings. The van der Waals surface area contributed by atoms with Gasteiger partial charge in [0, 0.05) is 4.91 Å². The molecule has 0 atom stereocenters. The predicted octanol–water partition coefficient (Wildman–Crippen LogP) is 3.04. The first-order valence-electron chi connectivity index (χ1n) is 5.91. The zero-order chi connectivity index (χ0) is 13.7. The van der Waals surface area contributed by atoms with E-state index in [0.717, 1.165) is 16.2 Å². The van der Waals surface area contributed by atoms with Crippen LogP contribution in [0.4, 0.5) is 5.69 Å². The summed E-state index contributed by atoms with van der Waals surface area (Å²) in [4.78, 5) is 0.844. The Bertz CT molecular complexity index is 552. The molecule has 0 saturated heterocycles. The van der Waals surface area contributed by atoms with Gasteiger partial charge in [-0.3, -0.25) is 0 Å². The molecular weight excluding hydrogens is 256 g/mol. The highest BCUT2D eigenvalue weighted by atomic mass is 32.1. The molecule has 2 rings (SSSR count). The minimum absolute atomic E-state index is 0.252. The maximum absolute atomic E-state index is 9.22. The van der Waals surface area contributed by atoms with E-state index >= 15 is 0 Å². The third-order valence-electron chi connectivity index (χ3n) is 2.65. The quantitative estimate of drug-likeness (QED) is 0.455. The lowest BCUT2D eigenvalue weighted by Crippen LogP contribution is -2.31. The molecule has 0 radical (unpaired) electrons. The summed E-state index contributed by atoms with van der Waals surface area (Å²) >= 11 is 4.43. The normalized spacial score (nSPS) is 11.4.